The van der Waals surface area contributed by atoms with Crippen molar-refractivity contribution in [1.29, 1.82) is 0 Å². The minimum atomic E-state index is 0.700. The third-order valence-electron chi connectivity index (χ3n) is 5.39. The summed E-state index contributed by atoms with van der Waals surface area (Å²) in [5.74, 6) is 0.896. The second-order valence-electron chi connectivity index (χ2n) is 7.06. The summed E-state index contributed by atoms with van der Waals surface area (Å²) in [6.07, 6.45) is 5.71. The number of ether oxygens (including phenoxy) is 1. The van der Waals surface area contributed by atoms with Crippen LogP contribution in [0.25, 0.3) is 33.4 Å². The number of fused-ring (bicyclic) bond motifs is 1. The quantitative estimate of drug-likeness (QED) is 0.487. The molecule has 150 valence electrons. The molecule has 0 unspecified atom stereocenters. The molecule has 0 atom stereocenters. The number of nitrogens with zero attached hydrogens (tertiary/aromatic N) is 4. The van der Waals surface area contributed by atoms with Crippen LogP contribution >= 0.6 is 0 Å². The second-order valence-corrected chi connectivity index (χ2v) is 7.06. The van der Waals surface area contributed by atoms with Gasteiger partial charge in [0.05, 0.1) is 5.69 Å². The predicted molar refractivity (Wildman–Crippen MR) is 117 cm³/mol. The Balaban J connectivity index is 1.53. The molecule has 3 heterocycles. The zero-order valence-corrected chi connectivity index (χ0v) is 17.2. The molecule has 0 radical (unpaired) electrons. The molecule has 3 aromatic heterocycles. The number of benzene rings is 1. The molecule has 0 aliphatic carbocycles. The van der Waals surface area contributed by atoms with Crippen molar-refractivity contribution >= 4 is 11.0 Å². The minimum absolute atomic E-state index is 0.700. The third-order valence-corrected chi connectivity index (χ3v) is 5.39. The van der Waals surface area contributed by atoms with Crippen LogP contribution in [0.2, 0.25) is 0 Å². The molecule has 0 amide bonds. The lowest BCUT2D eigenvalue weighted by Crippen LogP contribution is -2.27. The summed E-state index contributed by atoms with van der Waals surface area (Å²) in [7, 11) is 1.95. The van der Waals surface area contributed by atoms with Crippen molar-refractivity contribution in [3.63, 3.8) is 0 Å². The Bertz CT molecular complexity index is 1080. The number of aromatic nitrogens is 4. The van der Waals surface area contributed by atoms with E-state index in [4.69, 9.17) is 4.74 Å². The molecule has 6 nitrogen and oxygen atoms in total. The topological polar surface area (TPSA) is 59.0 Å². The van der Waals surface area contributed by atoms with E-state index in [1.54, 1.807) is 0 Å². The van der Waals surface area contributed by atoms with Crippen molar-refractivity contribution in [2.75, 3.05) is 26.2 Å². The lowest BCUT2D eigenvalue weighted by molar-refractivity contribution is 0.223. The Morgan fingerprint density at radius 1 is 1.07 bits per heavy atom. The van der Waals surface area contributed by atoms with E-state index in [2.05, 4.69) is 52.0 Å². The molecule has 4 aromatic rings. The zero-order valence-electron chi connectivity index (χ0n) is 17.2. The van der Waals surface area contributed by atoms with Gasteiger partial charge in [-0.3, -0.25) is 4.68 Å². The fourth-order valence-corrected chi connectivity index (χ4v) is 3.59. The molecule has 0 aliphatic heterocycles. The van der Waals surface area contributed by atoms with Crippen molar-refractivity contribution in [2.24, 2.45) is 7.05 Å². The van der Waals surface area contributed by atoms with Gasteiger partial charge in [-0.2, -0.15) is 5.10 Å². The van der Waals surface area contributed by atoms with Crippen molar-refractivity contribution in [2.45, 2.75) is 13.8 Å². The molecule has 29 heavy (non-hydrogen) atoms. The van der Waals surface area contributed by atoms with E-state index in [9.17, 15) is 0 Å². The highest BCUT2D eigenvalue weighted by atomic mass is 16.5. The molecule has 6 heteroatoms. The van der Waals surface area contributed by atoms with Gasteiger partial charge in [-0.1, -0.05) is 26.0 Å². The first-order chi connectivity index (χ1) is 14.2. The number of nitrogens with one attached hydrogen (secondary N) is 1. The van der Waals surface area contributed by atoms with Gasteiger partial charge in [0, 0.05) is 48.7 Å². The lowest BCUT2D eigenvalue weighted by Gasteiger charge is -2.18. The molecular weight excluding hydrogens is 362 g/mol. The number of hydrogen-bond acceptors (Lipinski definition) is 4. The summed E-state index contributed by atoms with van der Waals surface area (Å²) >= 11 is 0. The fraction of sp³-hybridized carbons (Fsp3) is 0.304. The van der Waals surface area contributed by atoms with E-state index < -0.39 is 0 Å². The molecule has 0 bridgehead atoms. The monoisotopic (exact) mass is 389 g/mol. The van der Waals surface area contributed by atoms with Crippen molar-refractivity contribution in [1.82, 2.24) is 24.6 Å². The molecule has 0 saturated heterocycles. The zero-order chi connectivity index (χ0) is 20.2. The Kier molecular flexibility index (Phi) is 5.62. The first kappa shape index (κ1) is 19.2. The van der Waals surface area contributed by atoms with E-state index in [1.807, 2.05) is 48.5 Å². The van der Waals surface area contributed by atoms with Crippen LogP contribution in [-0.4, -0.2) is 50.9 Å². The summed E-state index contributed by atoms with van der Waals surface area (Å²) in [5, 5.41) is 5.37. The molecule has 0 spiro atoms. The molecule has 4 rings (SSSR count). The molecule has 0 saturated carbocycles. The highest BCUT2D eigenvalue weighted by Crippen LogP contribution is 2.31. The summed E-state index contributed by atoms with van der Waals surface area (Å²) < 4.78 is 7.77. The number of H-pyrrole nitrogens is 1. The smallest absolute Gasteiger partial charge is 0.137 e. The number of aryl methyl sites for hydroxylation is 1. The fourth-order valence-electron chi connectivity index (χ4n) is 3.59. The number of rotatable bonds is 8. The van der Waals surface area contributed by atoms with E-state index in [-0.39, 0.29) is 0 Å². The normalized spacial score (nSPS) is 11.4. The van der Waals surface area contributed by atoms with Crippen LogP contribution in [0.5, 0.6) is 5.75 Å². The SMILES string of the molecule is CCN(CC)CCOc1ccc(-c2cnc3[nH]cc(-c4ccnn4C)c3c2)cc1. The maximum Gasteiger partial charge on any atom is 0.137 e. The highest BCUT2D eigenvalue weighted by molar-refractivity contribution is 5.95. The average molecular weight is 390 g/mol. The summed E-state index contributed by atoms with van der Waals surface area (Å²) in [5.41, 5.74) is 5.24. The maximum absolute atomic E-state index is 5.90. The Morgan fingerprint density at radius 2 is 1.86 bits per heavy atom. The standard InChI is InChI=1S/C23H27N5O/c1-4-28(5-2)12-13-29-19-8-6-17(7-9-19)18-14-20-21(16-25-23(20)24-15-18)22-10-11-26-27(22)3/h6-11,14-16H,4-5,12-13H2,1-3H3,(H,24,25). The second kappa shape index (κ2) is 8.49. The van der Waals surface area contributed by atoms with E-state index in [0.717, 1.165) is 58.8 Å². The largest absolute Gasteiger partial charge is 0.492 e. The van der Waals surface area contributed by atoms with Gasteiger partial charge < -0.3 is 14.6 Å². The number of pyridine rings is 1. The predicted octanol–water partition coefficient (Wildman–Crippen LogP) is 4.35. The van der Waals surface area contributed by atoms with Crippen molar-refractivity contribution in [3.8, 4) is 28.1 Å². The molecule has 0 aliphatic rings. The lowest BCUT2D eigenvalue weighted by atomic mass is 10.0. The van der Waals surface area contributed by atoms with Gasteiger partial charge in [0.2, 0.25) is 0 Å². The Labute approximate surface area is 171 Å². The summed E-state index contributed by atoms with van der Waals surface area (Å²) in [4.78, 5) is 10.2. The van der Waals surface area contributed by atoms with Gasteiger partial charge in [-0.25, -0.2) is 4.98 Å². The van der Waals surface area contributed by atoms with E-state index in [1.165, 1.54) is 0 Å². The molecule has 1 aromatic carbocycles. The summed E-state index contributed by atoms with van der Waals surface area (Å²) in [6, 6.07) is 12.4. The molecular formula is C23H27N5O. The van der Waals surface area contributed by atoms with Gasteiger partial charge in [-0.15, -0.1) is 0 Å². The van der Waals surface area contributed by atoms with Gasteiger partial charge in [0.25, 0.3) is 0 Å². The number of likely N-dealkylation sites (N-methyl/N-ethyl adjacent to an activating group) is 1. The maximum atomic E-state index is 5.90. The van der Waals surface area contributed by atoms with Gasteiger partial charge in [-0.05, 0) is 42.9 Å². The van der Waals surface area contributed by atoms with Crippen LogP contribution in [0.4, 0.5) is 0 Å². The van der Waals surface area contributed by atoms with Crippen LogP contribution in [-0.2, 0) is 7.05 Å². The number of hydrogen-bond donors (Lipinski definition) is 1. The van der Waals surface area contributed by atoms with Crippen molar-refractivity contribution in [3.05, 3.63) is 55.0 Å². The minimum Gasteiger partial charge on any atom is -0.492 e. The third kappa shape index (κ3) is 4.03. The average Bonchev–Trinajstić information content (AvgIpc) is 3.36. The first-order valence-electron chi connectivity index (χ1n) is 10.1. The van der Waals surface area contributed by atoms with E-state index in [0.29, 0.717) is 6.61 Å². The van der Waals surface area contributed by atoms with Crippen LogP contribution < -0.4 is 4.74 Å². The Morgan fingerprint density at radius 3 is 2.55 bits per heavy atom. The van der Waals surface area contributed by atoms with Crippen LogP contribution in [0.15, 0.2) is 55.0 Å². The van der Waals surface area contributed by atoms with Crippen LogP contribution in [0.1, 0.15) is 13.8 Å². The van der Waals surface area contributed by atoms with Crippen LogP contribution in [0.3, 0.4) is 0 Å². The Hall–Kier alpha value is -3.12. The highest BCUT2D eigenvalue weighted by Gasteiger charge is 2.11. The van der Waals surface area contributed by atoms with Crippen molar-refractivity contribution < 1.29 is 4.74 Å². The van der Waals surface area contributed by atoms with Gasteiger partial charge in [0.15, 0.2) is 0 Å². The first-order valence-corrected chi connectivity index (χ1v) is 10.1. The number of aromatic amines is 1. The van der Waals surface area contributed by atoms with E-state index >= 15 is 0 Å². The van der Waals surface area contributed by atoms with Crippen LogP contribution in [0, 0.1) is 0 Å². The molecule has 0 fully saturated rings. The summed E-state index contributed by atoms with van der Waals surface area (Å²) in [6.45, 7) is 8.09. The van der Waals surface area contributed by atoms with Gasteiger partial charge >= 0.3 is 0 Å². The molecule has 1 N–H and O–H groups in total. The van der Waals surface area contributed by atoms with Gasteiger partial charge in [0.1, 0.15) is 18.0 Å².